The highest BCUT2D eigenvalue weighted by Gasteiger charge is 2.42. The summed E-state index contributed by atoms with van der Waals surface area (Å²) in [5, 5.41) is 23.6. The number of nitrogens with zero attached hydrogens (tertiary/aromatic N) is 3. The zero-order valence-electron chi connectivity index (χ0n) is 11.6. The summed E-state index contributed by atoms with van der Waals surface area (Å²) in [6.45, 7) is 0.609. The first kappa shape index (κ1) is 13.6. The number of carbonyl (C=O) groups is 1. The maximum Gasteiger partial charge on any atom is 0.226 e. The first-order valence-electron chi connectivity index (χ1n) is 7.18. The third-order valence-corrected chi connectivity index (χ3v) is 4.46. The van der Waals surface area contributed by atoms with Crippen LogP contribution < -0.4 is 0 Å². The van der Waals surface area contributed by atoms with Crippen LogP contribution in [0.5, 0.6) is 0 Å². The summed E-state index contributed by atoms with van der Waals surface area (Å²) in [7, 11) is 1.85. The van der Waals surface area contributed by atoms with Crippen LogP contribution in [0.2, 0.25) is 0 Å². The summed E-state index contributed by atoms with van der Waals surface area (Å²) in [4.78, 5) is 14.2. The van der Waals surface area contributed by atoms with Gasteiger partial charge >= 0.3 is 0 Å². The Bertz CT molecular complexity index is 496. The van der Waals surface area contributed by atoms with Crippen LogP contribution in [0.4, 0.5) is 0 Å². The molecule has 110 valence electrons. The van der Waals surface area contributed by atoms with E-state index in [9.17, 15) is 15.0 Å². The van der Waals surface area contributed by atoms with Gasteiger partial charge in [-0.3, -0.25) is 9.48 Å². The molecular formula is C14H21N3O3. The molecule has 1 aromatic rings. The molecule has 1 saturated heterocycles. The van der Waals surface area contributed by atoms with Gasteiger partial charge in [0.05, 0.1) is 24.4 Å². The molecule has 3 rings (SSSR count). The SMILES string of the molecule is Cn1cc(C[C@H]2[C@@H](O)CCN2C(=O)C2CC(O)C2)cn1. The van der Waals surface area contributed by atoms with Crippen molar-refractivity contribution in [3.05, 3.63) is 18.0 Å². The summed E-state index contributed by atoms with van der Waals surface area (Å²) in [6.07, 6.45) is 5.29. The summed E-state index contributed by atoms with van der Waals surface area (Å²) in [6, 6.07) is -0.163. The highest BCUT2D eigenvalue weighted by molar-refractivity contribution is 5.80. The van der Waals surface area contributed by atoms with Crippen molar-refractivity contribution in [2.45, 2.75) is 43.9 Å². The summed E-state index contributed by atoms with van der Waals surface area (Å²) in [5.41, 5.74) is 1.03. The van der Waals surface area contributed by atoms with E-state index in [1.165, 1.54) is 0 Å². The van der Waals surface area contributed by atoms with Crippen LogP contribution in [-0.4, -0.2) is 55.6 Å². The number of hydrogen-bond acceptors (Lipinski definition) is 4. The Morgan fingerprint density at radius 3 is 2.80 bits per heavy atom. The van der Waals surface area contributed by atoms with Crippen LogP contribution in [0.1, 0.15) is 24.8 Å². The van der Waals surface area contributed by atoms with Gasteiger partial charge in [-0.15, -0.1) is 0 Å². The average molecular weight is 279 g/mol. The fraction of sp³-hybridized carbons (Fsp3) is 0.714. The Morgan fingerprint density at radius 2 is 2.20 bits per heavy atom. The summed E-state index contributed by atoms with van der Waals surface area (Å²) >= 11 is 0. The maximum atomic E-state index is 12.4. The van der Waals surface area contributed by atoms with Crippen LogP contribution in [0, 0.1) is 5.92 Å². The first-order chi connectivity index (χ1) is 9.54. The molecule has 2 heterocycles. The lowest BCUT2D eigenvalue weighted by Gasteiger charge is -2.36. The second-order valence-corrected chi connectivity index (χ2v) is 6.00. The first-order valence-corrected chi connectivity index (χ1v) is 7.18. The third kappa shape index (κ3) is 2.45. The lowest BCUT2D eigenvalue weighted by atomic mass is 9.81. The number of aliphatic hydroxyl groups is 2. The second-order valence-electron chi connectivity index (χ2n) is 6.00. The summed E-state index contributed by atoms with van der Waals surface area (Å²) < 4.78 is 1.73. The van der Waals surface area contributed by atoms with Gasteiger partial charge in [-0.05, 0) is 31.2 Å². The minimum atomic E-state index is -0.468. The van der Waals surface area contributed by atoms with E-state index in [2.05, 4.69) is 5.10 Å². The molecule has 2 aliphatic rings. The van der Waals surface area contributed by atoms with Gasteiger partial charge in [-0.2, -0.15) is 5.10 Å². The number of amides is 1. The topological polar surface area (TPSA) is 78.6 Å². The van der Waals surface area contributed by atoms with Crippen LogP contribution in [0.15, 0.2) is 12.4 Å². The molecule has 1 aliphatic heterocycles. The second kappa shape index (κ2) is 5.18. The molecule has 0 aromatic carbocycles. The molecule has 1 saturated carbocycles. The van der Waals surface area contributed by atoms with E-state index >= 15 is 0 Å². The van der Waals surface area contributed by atoms with Gasteiger partial charge in [0.25, 0.3) is 0 Å². The van der Waals surface area contributed by atoms with E-state index in [1.807, 2.05) is 13.2 Å². The lowest BCUT2D eigenvalue weighted by molar-refractivity contribution is -0.144. The zero-order valence-corrected chi connectivity index (χ0v) is 11.6. The molecule has 2 N–H and O–H groups in total. The molecular weight excluding hydrogens is 258 g/mol. The van der Waals surface area contributed by atoms with Crippen molar-refractivity contribution in [1.29, 1.82) is 0 Å². The molecule has 2 fully saturated rings. The third-order valence-electron chi connectivity index (χ3n) is 4.46. The quantitative estimate of drug-likeness (QED) is 0.796. The predicted octanol–water partition coefficient (Wildman–Crippen LogP) is -0.305. The van der Waals surface area contributed by atoms with Gasteiger partial charge in [0.2, 0.25) is 5.91 Å². The number of aromatic nitrogens is 2. The maximum absolute atomic E-state index is 12.4. The van der Waals surface area contributed by atoms with E-state index in [1.54, 1.807) is 15.8 Å². The van der Waals surface area contributed by atoms with Crippen LogP contribution in [-0.2, 0) is 18.3 Å². The number of carbonyl (C=O) groups excluding carboxylic acids is 1. The Kier molecular flexibility index (Phi) is 3.52. The van der Waals surface area contributed by atoms with E-state index in [0.29, 0.717) is 32.2 Å². The molecule has 1 amide bonds. The van der Waals surface area contributed by atoms with Crippen molar-refractivity contribution in [3.63, 3.8) is 0 Å². The number of likely N-dealkylation sites (tertiary alicyclic amines) is 1. The lowest BCUT2D eigenvalue weighted by Crippen LogP contribution is -2.48. The van der Waals surface area contributed by atoms with Crippen molar-refractivity contribution >= 4 is 5.91 Å². The van der Waals surface area contributed by atoms with Crippen LogP contribution >= 0.6 is 0 Å². The molecule has 20 heavy (non-hydrogen) atoms. The van der Waals surface area contributed by atoms with Crippen molar-refractivity contribution in [2.24, 2.45) is 13.0 Å². The van der Waals surface area contributed by atoms with Crippen molar-refractivity contribution in [2.75, 3.05) is 6.54 Å². The zero-order chi connectivity index (χ0) is 14.3. The van der Waals surface area contributed by atoms with Crippen molar-refractivity contribution < 1.29 is 15.0 Å². The highest BCUT2D eigenvalue weighted by Crippen LogP contribution is 2.32. The van der Waals surface area contributed by atoms with Gasteiger partial charge in [-0.1, -0.05) is 0 Å². The summed E-state index contributed by atoms with van der Waals surface area (Å²) in [5.74, 6) is 0.0208. The van der Waals surface area contributed by atoms with Gasteiger partial charge in [0.1, 0.15) is 0 Å². The minimum absolute atomic E-state index is 0.0632. The van der Waals surface area contributed by atoms with E-state index in [0.717, 1.165) is 5.56 Å². The van der Waals surface area contributed by atoms with Gasteiger partial charge in [0, 0.05) is 25.7 Å². The molecule has 0 unspecified atom stereocenters. The van der Waals surface area contributed by atoms with E-state index < -0.39 is 6.10 Å². The molecule has 2 atom stereocenters. The van der Waals surface area contributed by atoms with Crippen molar-refractivity contribution in [3.8, 4) is 0 Å². The van der Waals surface area contributed by atoms with E-state index in [4.69, 9.17) is 0 Å². The number of aryl methyl sites for hydroxylation is 1. The Morgan fingerprint density at radius 1 is 1.45 bits per heavy atom. The fourth-order valence-corrected chi connectivity index (χ4v) is 3.20. The van der Waals surface area contributed by atoms with Gasteiger partial charge in [-0.25, -0.2) is 0 Å². The molecule has 0 bridgehead atoms. The molecule has 6 nitrogen and oxygen atoms in total. The van der Waals surface area contributed by atoms with E-state index in [-0.39, 0.29) is 24.0 Å². The Labute approximate surface area is 118 Å². The standard InChI is InChI=1S/C14H21N3O3/c1-16-8-9(7-15-16)4-12-13(19)2-3-17(12)14(20)10-5-11(18)6-10/h7-8,10-13,18-19H,2-6H2,1H3/t10?,11?,12-,13-/m0/s1. The minimum Gasteiger partial charge on any atom is -0.393 e. The monoisotopic (exact) mass is 279 g/mol. The Hall–Kier alpha value is -1.40. The molecule has 0 radical (unpaired) electrons. The number of hydrogen-bond donors (Lipinski definition) is 2. The molecule has 6 heteroatoms. The number of aliphatic hydroxyl groups excluding tert-OH is 2. The Balaban J connectivity index is 1.68. The number of rotatable bonds is 3. The molecule has 1 aromatic heterocycles. The fourth-order valence-electron chi connectivity index (χ4n) is 3.20. The van der Waals surface area contributed by atoms with Crippen LogP contribution in [0.25, 0.3) is 0 Å². The molecule has 0 spiro atoms. The molecule has 1 aliphatic carbocycles. The highest BCUT2D eigenvalue weighted by atomic mass is 16.3. The predicted molar refractivity (Wildman–Crippen MR) is 71.8 cm³/mol. The van der Waals surface area contributed by atoms with Gasteiger partial charge < -0.3 is 15.1 Å². The van der Waals surface area contributed by atoms with Crippen molar-refractivity contribution in [1.82, 2.24) is 14.7 Å². The average Bonchev–Trinajstić information content (AvgIpc) is 2.93. The normalized spacial score (nSPS) is 33.2. The van der Waals surface area contributed by atoms with Crippen LogP contribution in [0.3, 0.4) is 0 Å². The van der Waals surface area contributed by atoms with Gasteiger partial charge in [0.15, 0.2) is 0 Å². The largest absolute Gasteiger partial charge is 0.393 e. The smallest absolute Gasteiger partial charge is 0.226 e.